The first-order valence-corrected chi connectivity index (χ1v) is 5.70. The molecule has 5 heteroatoms. The van der Waals surface area contributed by atoms with Gasteiger partial charge in [-0.2, -0.15) is 0 Å². The van der Waals surface area contributed by atoms with Crippen molar-refractivity contribution in [2.75, 3.05) is 0 Å². The molecule has 1 aliphatic rings. The summed E-state index contributed by atoms with van der Waals surface area (Å²) in [6.07, 6.45) is 2.40. The number of aromatic carboxylic acids is 1. The van der Waals surface area contributed by atoms with Gasteiger partial charge in [-0.05, 0) is 25.0 Å². The number of hydrogen-bond donors (Lipinski definition) is 1. The second-order valence-electron chi connectivity index (χ2n) is 4.19. The maximum Gasteiger partial charge on any atom is 0.374 e. The fraction of sp³-hybridized carbons (Fsp3) is 0.231. The molecule has 92 valence electrons. The van der Waals surface area contributed by atoms with E-state index < -0.39 is 5.97 Å². The Morgan fingerprint density at radius 1 is 1.39 bits per heavy atom. The molecule has 0 saturated heterocycles. The highest BCUT2D eigenvalue weighted by molar-refractivity contribution is 5.86. The van der Waals surface area contributed by atoms with Crippen molar-refractivity contribution in [3.05, 3.63) is 36.1 Å². The van der Waals surface area contributed by atoms with E-state index in [1.165, 1.54) is 6.07 Å². The van der Waals surface area contributed by atoms with Crippen LogP contribution in [0.2, 0.25) is 0 Å². The maximum atomic E-state index is 10.8. The Morgan fingerprint density at radius 3 is 2.83 bits per heavy atom. The molecule has 5 nitrogen and oxygen atoms in total. The van der Waals surface area contributed by atoms with E-state index in [0.29, 0.717) is 11.4 Å². The average molecular weight is 245 g/mol. The Morgan fingerprint density at radius 2 is 2.17 bits per heavy atom. The number of carboxylic acid groups (broad SMARTS) is 1. The van der Waals surface area contributed by atoms with Gasteiger partial charge >= 0.3 is 5.97 Å². The van der Waals surface area contributed by atoms with Crippen molar-refractivity contribution in [2.45, 2.75) is 18.9 Å². The molecule has 1 fully saturated rings. The molecule has 1 heterocycles. The number of carboxylic acids is 1. The second-order valence-corrected chi connectivity index (χ2v) is 4.19. The summed E-state index contributed by atoms with van der Waals surface area (Å²) in [5, 5.41) is 12.6. The molecule has 1 N–H and O–H groups in total. The van der Waals surface area contributed by atoms with Crippen LogP contribution in [0.1, 0.15) is 23.4 Å². The van der Waals surface area contributed by atoms with Gasteiger partial charge in [0.25, 0.3) is 0 Å². The van der Waals surface area contributed by atoms with Crippen molar-refractivity contribution in [3.8, 4) is 17.0 Å². The van der Waals surface area contributed by atoms with Crippen LogP contribution in [-0.4, -0.2) is 22.3 Å². The lowest BCUT2D eigenvalue weighted by molar-refractivity contribution is 0.0652. The molecule has 1 aromatic heterocycles. The number of rotatable bonds is 4. The first kappa shape index (κ1) is 10.8. The number of aromatic nitrogens is 1. The zero-order chi connectivity index (χ0) is 12.5. The summed E-state index contributed by atoms with van der Waals surface area (Å²) >= 11 is 0. The van der Waals surface area contributed by atoms with Crippen molar-refractivity contribution in [1.29, 1.82) is 0 Å². The first-order chi connectivity index (χ1) is 8.74. The molecule has 0 atom stereocenters. The summed E-state index contributed by atoms with van der Waals surface area (Å²) in [7, 11) is 0. The van der Waals surface area contributed by atoms with Crippen molar-refractivity contribution in [3.63, 3.8) is 0 Å². The van der Waals surface area contributed by atoms with E-state index in [0.717, 1.165) is 18.4 Å². The number of benzene rings is 1. The maximum absolute atomic E-state index is 10.8. The highest BCUT2D eigenvalue weighted by Gasteiger charge is 2.25. The van der Waals surface area contributed by atoms with Crippen LogP contribution in [0.5, 0.6) is 5.75 Å². The summed E-state index contributed by atoms with van der Waals surface area (Å²) in [4.78, 5) is 10.8. The molecule has 1 aliphatic carbocycles. The summed E-state index contributed by atoms with van der Waals surface area (Å²) in [6.45, 7) is 0. The Labute approximate surface area is 103 Å². The van der Waals surface area contributed by atoms with Crippen LogP contribution in [0.25, 0.3) is 11.3 Å². The first-order valence-electron chi connectivity index (χ1n) is 5.70. The van der Waals surface area contributed by atoms with E-state index in [2.05, 4.69) is 5.16 Å². The van der Waals surface area contributed by atoms with Crippen LogP contribution in [0.3, 0.4) is 0 Å². The van der Waals surface area contributed by atoms with Crippen LogP contribution in [0.4, 0.5) is 0 Å². The molecular weight excluding hydrogens is 234 g/mol. The van der Waals surface area contributed by atoms with Gasteiger partial charge in [0.05, 0.1) is 6.10 Å². The smallest absolute Gasteiger partial charge is 0.374 e. The molecule has 3 rings (SSSR count). The lowest BCUT2D eigenvalue weighted by Gasteiger charge is -2.07. The predicted octanol–water partition coefficient (Wildman–Crippen LogP) is 2.58. The molecule has 0 radical (unpaired) electrons. The zero-order valence-corrected chi connectivity index (χ0v) is 9.50. The summed E-state index contributed by atoms with van der Waals surface area (Å²) in [6, 6.07) is 8.81. The number of hydrogen-bond acceptors (Lipinski definition) is 4. The van der Waals surface area contributed by atoms with Gasteiger partial charge in [-0.25, -0.2) is 4.79 Å². The fourth-order valence-electron chi connectivity index (χ4n) is 1.65. The van der Waals surface area contributed by atoms with Crippen molar-refractivity contribution in [2.24, 2.45) is 0 Å². The molecule has 18 heavy (non-hydrogen) atoms. The highest BCUT2D eigenvalue weighted by atomic mass is 16.5. The normalized spacial score (nSPS) is 14.4. The van der Waals surface area contributed by atoms with Gasteiger partial charge in [0, 0.05) is 11.6 Å². The Balaban J connectivity index is 1.96. The molecule has 0 unspecified atom stereocenters. The summed E-state index contributed by atoms with van der Waals surface area (Å²) < 4.78 is 10.5. The summed E-state index contributed by atoms with van der Waals surface area (Å²) in [5.41, 5.74) is 1.23. The third-order valence-electron chi connectivity index (χ3n) is 2.70. The Bertz CT molecular complexity index is 586. The predicted molar refractivity (Wildman–Crippen MR) is 62.5 cm³/mol. The minimum absolute atomic E-state index is 0.175. The van der Waals surface area contributed by atoms with Crippen LogP contribution in [0.15, 0.2) is 34.9 Å². The largest absolute Gasteiger partial charge is 0.490 e. The highest BCUT2D eigenvalue weighted by Crippen LogP contribution is 2.34. The van der Waals surface area contributed by atoms with E-state index in [-0.39, 0.29) is 11.9 Å². The van der Waals surface area contributed by atoms with Gasteiger partial charge < -0.3 is 14.4 Å². The van der Waals surface area contributed by atoms with Crippen LogP contribution in [0, 0.1) is 0 Å². The fourth-order valence-corrected chi connectivity index (χ4v) is 1.65. The molecule has 0 bridgehead atoms. The third-order valence-corrected chi connectivity index (χ3v) is 2.70. The molecule has 0 spiro atoms. The number of nitrogens with zero attached hydrogens (tertiary/aromatic N) is 1. The SMILES string of the molecule is O=C(O)c1cc(-c2ccccc2OC2CC2)no1. The topological polar surface area (TPSA) is 72.6 Å². The van der Waals surface area contributed by atoms with Crippen LogP contribution < -0.4 is 4.74 Å². The lowest BCUT2D eigenvalue weighted by Crippen LogP contribution is -1.97. The molecule has 1 aromatic carbocycles. The average Bonchev–Trinajstić information content (AvgIpc) is 3.04. The van der Waals surface area contributed by atoms with E-state index in [1.54, 1.807) is 0 Å². The molecular formula is C13H11NO4. The molecule has 2 aromatic rings. The van der Waals surface area contributed by atoms with E-state index >= 15 is 0 Å². The number of para-hydroxylation sites is 1. The molecule has 1 saturated carbocycles. The van der Waals surface area contributed by atoms with Crippen LogP contribution >= 0.6 is 0 Å². The number of ether oxygens (including phenoxy) is 1. The van der Waals surface area contributed by atoms with Gasteiger partial charge in [-0.15, -0.1) is 0 Å². The quantitative estimate of drug-likeness (QED) is 0.896. The van der Waals surface area contributed by atoms with Crippen LogP contribution in [-0.2, 0) is 0 Å². The minimum Gasteiger partial charge on any atom is -0.490 e. The van der Waals surface area contributed by atoms with Gasteiger partial charge in [0.2, 0.25) is 5.76 Å². The Hall–Kier alpha value is -2.30. The van der Waals surface area contributed by atoms with Crippen molar-refractivity contribution in [1.82, 2.24) is 5.16 Å². The van der Waals surface area contributed by atoms with Crippen molar-refractivity contribution < 1.29 is 19.2 Å². The monoisotopic (exact) mass is 245 g/mol. The van der Waals surface area contributed by atoms with Gasteiger partial charge in [0.15, 0.2) is 0 Å². The summed E-state index contributed by atoms with van der Waals surface area (Å²) in [5.74, 6) is -0.592. The van der Waals surface area contributed by atoms with Gasteiger partial charge in [0.1, 0.15) is 11.4 Å². The minimum atomic E-state index is -1.13. The second kappa shape index (κ2) is 4.18. The van der Waals surface area contributed by atoms with Gasteiger partial charge in [-0.1, -0.05) is 17.3 Å². The zero-order valence-electron chi connectivity index (χ0n) is 9.50. The van der Waals surface area contributed by atoms with E-state index in [4.69, 9.17) is 14.4 Å². The van der Waals surface area contributed by atoms with Crippen molar-refractivity contribution >= 4 is 5.97 Å². The Kier molecular flexibility index (Phi) is 2.51. The lowest BCUT2D eigenvalue weighted by atomic mass is 10.1. The third kappa shape index (κ3) is 2.07. The van der Waals surface area contributed by atoms with E-state index in [9.17, 15) is 4.79 Å². The van der Waals surface area contributed by atoms with E-state index in [1.807, 2.05) is 24.3 Å². The van der Waals surface area contributed by atoms with Gasteiger partial charge in [-0.3, -0.25) is 0 Å². The molecule has 0 aliphatic heterocycles. The number of carbonyl (C=O) groups is 1. The molecule has 0 amide bonds. The standard InChI is InChI=1S/C13H11NO4/c15-13(16)12-7-10(14-18-12)9-3-1-2-4-11(9)17-8-5-6-8/h1-4,7-8H,5-6H2,(H,15,16).